The Morgan fingerprint density at radius 2 is 1.00 bits per heavy atom. The predicted molar refractivity (Wildman–Crippen MR) is 47.4 cm³/mol. The lowest BCUT2D eigenvalue weighted by Crippen LogP contribution is -2.25. The summed E-state index contributed by atoms with van der Waals surface area (Å²) in [6.45, 7) is 2.29. The van der Waals surface area contributed by atoms with Crippen molar-refractivity contribution in [3.05, 3.63) is 0 Å². The highest BCUT2D eigenvalue weighted by atomic mass is 79.9. The second-order valence-corrected chi connectivity index (χ2v) is 2.61. The molecule has 0 aromatic carbocycles. The molecule has 0 spiro atoms. The molecule has 0 aliphatic carbocycles. The zero-order chi connectivity index (χ0) is 6.57. The van der Waals surface area contributed by atoms with Gasteiger partial charge in [0.25, 0.3) is 0 Å². The second kappa shape index (κ2) is 6.52. The molecule has 0 aromatic rings. The van der Waals surface area contributed by atoms with E-state index in [2.05, 4.69) is 38.0 Å². The second-order valence-electron chi connectivity index (χ2n) is 2.61. The van der Waals surface area contributed by atoms with Crippen LogP contribution in [0.1, 0.15) is 0 Å². The Kier molecular flexibility index (Phi) is 8.77. The van der Waals surface area contributed by atoms with E-state index in [4.69, 9.17) is 0 Å². The van der Waals surface area contributed by atoms with Crippen molar-refractivity contribution in [2.45, 2.75) is 0 Å². The van der Waals surface area contributed by atoms with Crippen LogP contribution >= 0.6 is 17.0 Å². The molecular weight excluding hydrogens is 180 g/mol. The van der Waals surface area contributed by atoms with Crippen LogP contribution in [0.25, 0.3) is 0 Å². The number of halogens is 1. The van der Waals surface area contributed by atoms with Gasteiger partial charge in [0.1, 0.15) is 0 Å². The largest absolute Gasteiger partial charge is 0.308 e. The SMILES string of the molecule is Br.CN(C)CCN(C)C. The van der Waals surface area contributed by atoms with Crippen LogP contribution in [0.4, 0.5) is 0 Å². The van der Waals surface area contributed by atoms with Crippen LogP contribution in [-0.2, 0) is 0 Å². The summed E-state index contributed by atoms with van der Waals surface area (Å²) < 4.78 is 0. The first-order valence-electron chi connectivity index (χ1n) is 2.92. The van der Waals surface area contributed by atoms with Crippen molar-refractivity contribution in [1.29, 1.82) is 0 Å². The van der Waals surface area contributed by atoms with Crippen LogP contribution in [-0.4, -0.2) is 51.1 Å². The third-order valence-corrected chi connectivity index (χ3v) is 0.994. The van der Waals surface area contributed by atoms with Gasteiger partial charge in [-0.15, -0.1) is 17.0 Å². The minimum Gasteiger partial charge on any atom is -0.308 e. The first-order chi connectivity index (χ1) is 3.63. The molecule has 0 aliphatic heterocycles. The maximum absolute atomic E-state index is 2.18. The van der Waals surface area contributed by atoms with Crippen LogP contribution in [0.3, 0.4) is 0 Å². The van der Waals surface area contributed by atoms with Gasteiger partial charge in [0.2, 0.25) is 0 Å². The van der Waals surface area contributed by atoms with E-state index in [1.807, 2.05) is 0 Å². The first kappa shape index (κ1) is 12.1. The van der Waals surface area contributed by atoms with E-state index >= 15 is 0 Å². The summed E-state index contributed by atoms with van der Waals surface area (Å²) >= 11 is 0. The van der Waals surface area contributed by atoms with Crippen molar-refractivity contribution < 1.29 is 0 Å². The lowest BCUT2D eigenvalue weighted by Gasteiger charge is -2.13. The summed E-state index contributed by atoms with van der Waals surface area (Å²) in [4.78, 5) is 4.36. The Labute approximate surface area is 68.6 Å². The van der Waals surface area contributed by atoms with E-state index in [-0.39, 0.29) is 17.0 Å². The minimum absolute atomic E-state index is 0. The Balaban J connectivity index is 0. The molecule has 0 N–H and O–H groups in total. The molecule has 0 saturated carbocycles. The summed E-state index contributed by atoms with van der Waals surface area (Å²) in [5, 5.41) is 0. The molecule has 0 saturated heterocycles. The van der Waals surface area contributed by atoms with Gasteiger partial charge in [-0.05, 0) is 28.2 Å². The fourth-order valence-electron chi connectivity index (χ4n) is 0.400. The molecule has 0 radical (unpaired) electrons. The third-order valence-electron chi connectivity index (χ3n) is 0.994. The van der Waals surface area contributed by atoms with Gasteiger partial charge in [-0.25, -0.2) is 0 Å². The van der Waals surface area contributed by atoms with Crippen molar-refractivity contribution in [2.24, 2.45) is 0 Å². The molecule has 2 nitrogen and oxygen atoms in total. The molecule has 3 heteroatoms. The van der Waals surface area contributed by atoms with Gasteiger partial charge >= 0.3 is 0 Å². The lowest BCUT2D eigenvalue weighted by molar-refractivity contribution is 0.320. The number of likely N-dealkylation sites (N-methyl/N-ethyl adjacent to an activating group) is 2. The van der Waals surface area contributed by atoms with Crippen LogP contribution in [0, 0.1) is 0 Å². The normalized spacial score (nSPS) is 10.0. The van der Waals surface area contributed by atoms with E-state index < -0.39 is 0 Å². The van der Waals surface area contributed by atoms with Gasteiger partial charge < -0.3 is 9.80 Å². The monoisotopic (exact) mass is 196 g/mol. The molecule has 0 aliphatic rings. The smallest absolute Gasteiger partial charge is 0.0103 e. The maximum Gasteiger partial charge on any atom is 0.0103 e. The van der Waals surface area contributed by atoms with Gasteiger partial charge in [0, 0.05) is 13.1 Å². The fourth-order valence-corrected chi connectivity index (χ4v) is 0.400. The average Bonchev–Trinajstić information content (AvgIpc) is 1.61. The van der Waals surface area contributed by atoms with E-state index in [0.717, 1.165) is 13.1 Å². The number of hydrogen-bond acceptors (Lipinski definition) is 2. The van der Waals surface area contributed by atoms with Crippen molar-refractivity contribution in [2.75, 3.05) is 41.3 Å². The Morgan fingerprint density at radius 3 is 1.11 bits per heavy atom. The molecule has 0 amide bonds. The van der Waals surface area contributed by atoms with Gasteiger partial charge in [0.15, 0.2) is 0 Å². The van der Waals surface area contributed by atoms with E-state index in [1.54, 1.807) is 0 Å². The van der Waals surface area contributed by atoms with Gasteiger partial charge in [0.05, 0.1) is 0 Å². The topological polar surface area (TPSA) is 6.48 Å². The Hall–Kier alpha value is 0.400. The molecular formula is C6H17BrN2. The Bertz CT molecular complexity index is 47.0. The highest BCUT2D eigenvalue weighted by Gasteiger charge is 1.89. The number of rotatable bonds is 3. The molecule has 0 unspecified atom stereocenters. The van der Waals surface area contributed by atoms with Crippen LogP contribution < -0.4 is 0 Å². The average molecular weight is 197 g/mol. The lowest BCUT2D eigenvalue weighted by atomic mass is 10.5. The highest BCUT2D eigenvalue weighted by molar-refractivity contribution is 8.93. The minimum atomic E-state index is 0. The summed E-state index contributed by atoms with van der Waals surface area (Å²) in [7, 11) is 8.35. The predicted octanol–water partition coefficient (Wildman–Crippen LogP) is 0.688. The van der Waals surface area contributed by atoms with Gasteiger partial charge in [-0.1, -0.05) is 0 Å². The highest BCUT2D eigenvalue weighted by Crippen LogP contribution is 1.76. The van der Waals surface area contributed by atoms with Crippen molar-refractivity contribution in [3.8, 4) is 0 Å². The van der Waals surface area contributed by atoms with E-state index in [1.165, 1.54) is 0 Å². The standard InChI is InChI=1S/C6H16N2.BrH/c1-7(2)5-6-8(3)4;/h5-6H2,1-4H3;1H. The van der Waals surface area contributed by atoms with Crippen molar-refractivity contribution in [1.82, 2.24) is 9.80 Å². The third kappa shape index (κ3) is 11.8. The summed E-state index contributed by atoms with van der Waals surface area (Å²) in [5.74, 6) is 0. The molecule has 0 heterocycles. The zero-order valence-corrected chi connectivity index (χ0v) is 8.43. The molecule has 0 atom stereocenters. The van der Waals surface area contributed by atoms with Crippen molar-refractivity contribution in [3.63, 3.8) is 0 Å². The van der Waals surface area contributed by atoms with Gasteiger partial charge in [-0.3, -0.25) is 0 Å². The molecule has 0 bridgehead atoms. The van der Waals surface area contributed by atoms with E-state index in [9.17, 15) is 0 Å². The molecule has 58 valence electrons. The summed E-state index contributed by atoms with van der Waals surface area (Å²) in [5.41, 5.74) is 0. The fraction of sp³-hybridized carbons (Fsp3) is 1.00. The van der Waals surface area contributed by atoms with Gasteiger partial charge in [-0.2, -0.15) is 0 Å². The number of nitrogens with zero attached hydrogens (tertiary/aromatic N) is 2. The molecule has 0 rings (SSSR count). The van der Waals surface area contributed by atoms with Crippen LogP contribution in [0.5, 0.6) is 0 Å². The first-order valence-corrected chi connectivity index (χ1v) is 2.92. The van der Waals surface area contributed by atoms with Crippen molar-refractivity contribution >= 4 is 17.0 Å². The molecule has 0 aromatic heterocycles. The summed E-state index contributed by atoms with van der Waals surface area (Å²) in [6.07, 6.45) is 0. The molecule has 0 fully saturated rings. The molecule has 9 heavy (non-hydrogen) atoms. The number of hydrogen-bond donors (Lipinski definition) is 0. The zero-order valence-electron chi connectivity index (χ0n) is 6.72. The Morgan fingerprint density at radius 1 is 0.778 bits per heavy atom. The summed E-state index contributed by atoms with van der Waals surface area (Å²) in [6, 6.07) is 0. The van der Waals surface area contributed by atoms with Crippen LogP contribution in [0.15, 0.2) is 0 Å². The maximum atomic E-state index is 2.18. The van der Waals surface area contributed by atoms with E-state index in [0.29, 0.717) is 0 Å². The van der Waals surface area contributed by atoms with Crippen LogP contribution in [0.2, 0.25) is 0 Å². The quantitative estimate of drug-likeness (QED) is 0.656.